The average molecular weight is 250 g/mol. The average Bonchev–Trinajstić information content (AvgIpc) is 2.64. The van der Waals surface area contributed by atoms with Gasteiger partial charge in [0.2, 0.25) is 0 Å². The van der Waals surface area contributed by atoms with Crippen LogP contribution >= 0.6 is 0 Å². The van der Waals surface area contributed by atoms with Crippen molar-refractivity contribution >= 4 is 5.82 Å². The number of nitrogen functional groups attached to an aromatic ring is 1. The molecule has 0 aliphatic carbocycles. The molecule has 1 saturated heterocycles. The molecule has 102 valence electrons. The highest BCUT2D eigenvalue weighted by molar-refractivity contribution is 5.23. The Balaban J connectivity index is 1.73. The summed E-state index contributed by atoms with van der Waals surface area (Å²) in [6.07, 6.45) is 8.84. The van der Waals surface area contributed by atoms with Gasteiger partial charge in [0.25, 0.3) is 0 Å². The van der Waals surface area contributed by atoms with E-state index in [1.807, 2.05) is 16.9 Å². The first-order valence-electron chi connectivity index (χ1n) is 7.29. The maximum atomic E-state index is 5.62. The molecule has 0 radical (unpaired) electrons. The topological polar surface area (TPSA) is 47.1 Å². The van der Waals surface area contributed by atoms with E-state index in [2.05, 4.69) is 16.9 Å². The van der Waals surface area contributed by atoms with Crippen molar-refractivity contribution in [1.29, 1.82) is 0 Å². The number of nitrogens with zero attached hydrogens (tertiary/aromatic N) is 3. The van der Waals surface area contributed by atoms with Gasteiger partial charge in [0, 0.05) is 12.7 Å². The summed E-state index contributed by atoms with van der Waals surface area (Å²) in [5.41, 5.74) is 5.62. The van der Waals surface area contributed by atoms with Gasteiger partial charge in [-0.25, -0.2) is 0 Å². The molecule has 1 aromatic rings. The van der Waals surface area contributed by atoms with Crippen LogP contribution in [-0.4, -0.2) is 34.3 Å². The van der Waals surface area contributed by atoms with Gasteiger partial charge >= 0.3 is 0 Å². The number of aromatic nitrogens is 2. The summed E-state index contributed by atoms with van der Waals surface area (Å²) in [6.45, 7) is 6.85. The van der Waals surface area contributed by atoms with Crippen LogP contribution in [0.5, 0.6) is 0 Å². The van der Waals surface area contributed by atoms with Crippen LogP contribution in [0.15, 0.2) is 12.3 Å². The summed E-state index contributed by atoms with van der Waals surface area (Å²) in [6, 6.07) is 1.86. The molecule has 2 N–H and O–H groups in total. The molecular formula is C14H26N4. The van der Waals surface area contributed by atoms with Crippen LogP contribution in [0, 0.1) is 5.92 Å². The number of nitrogens with two attached hydrogens (primary N) is 1. The number of hydrogen-bond acceptors (Lipinski definition) is 3. The number of hydrogen-bond donors (Lipinski definition) is 1. The van der Waals surface area contributed by atoms with E-state index in [9.17, 15) is 0 Å². The van der Waals surface area contributed by atoms with Gasteiger partial charge in [-0.05, 0) is 44.3 Å². The largest absolute Gasteiger partial charge is 0.382 e. The Bertz CT molecular complexity index is 347. The summed E-state index contributed by atoms with van der Waals surface area (Å²) in [5.74, 6) is 1.58. The van der Waals surface area contributed by atoms with Crippen molar-refractivity contribution in [2.75, 3.05) is 25.4 Å². The lowest BCUT2D eigenvalue weighted by atomic mass is 9.96. The van der Waals surface area contributed by atoms with Crippen LogP contribution in [0.1, 0.15) is 39.0 Å². The minimum absolute atomic E-state index is 0.619. The first kappa shape index (κ1) is 13.4. The van der Waals surface area contributed by atoms with E-state index >= 15 is 0 Å². The van der Waals surface area contributed by atoms with Crippen LogP contribution in [0.3, 0.4) is 0 Å². The van der Waals surface area contributed by atoms with Crippen LogP contribution in [0.25, 0.3) is 0 Å². The zero-order valence-electron chi connectivity index (χ0n) is 11.5. The Labute approximate surface area is 110 Å². The molecule has 0 amide bonds. The molecule has 1 aromatic heterocycles. The van der Waals surface area contributed by atoms with E-state index < -0.39 is 0 Å². The standard InChI is InChI=1S/C14H26N4/c1-2-4-13-5-3-8-17(9-6-13)11-12-18-10-7-14(15)16-18/h7,10,13H,2-6,8-9,11-12H2,1H3,(H2,15,16). The van der Waals surface area contributed by atoms with Crippen LogP contribution in [0.2, 0.25) is 0 Å². The quantitative estimate of drug-likeness (QED) is 0.872. The number of likely N-dealkylation sites (tertiary alicyclic amines) is 1. The summed E-state index contributed by atoms with van der Waals surface area (Å²) in [4.78, 5) is 2.58. The van der Waals surface area contributed by atoms with Gasteiger partial charge in [0.15, 0.2) is 0 Å². The molecule has 0 spiro atoms. The smallest absolute Gasteiger partial charge is 0.145 e. The Hall–Kier alpha value is -1.03. The van der Waals surface area contributed by atoms with E-state index in [1.165, 1.54) is 45.2 Å². The summed E-state index contributed by atoms with van der Waals surface area (Å²) in [7, 11) is 0. The van der Waals surface area contributed by atoms with Gasteiger partial charge in [0.05, 0.1) is 6.54 Å². The molecule has 1 aliphatic rings. The first-order chi connectivity index (χ1) is 8.78. The fraction of sp³-hybridized carbons (Fsp3) is 0.786. The maximum Gasteiger partial charge on any atom is 0.145 e. The first-order valence-corrected chi connectivity index (χ1v) is 7.29. The van der Waals surface area contributed by atoms with E-state index in [4.69, 9.17) is 5.73 Å². The fourth-order valence-electron chi connectivity index (χ4n) is 2.89. The molecule has 4 nitrogen and oxygen atoms in total. The second kappa shape index (κ2) is 6.78. The van der Waals surface area contributed by atoms with Crippen molar-refractivity contribution in [2.45, 2.75) is 45.6 Å². The summed E-state index contributed by atoms with van der Waals surface area (Å²) < 4.78 is 1.95. The summed E-state index contributed by atoms with van der Waals surface area (Å²) >= 11 is 0. The number of anilines is 1. The predicted molar refractivity (Wildman–Crippen MR) is 75.3 cm³/mol. The van der Waals surface area contributed by atoms with Crippen molar-refractivity contribution in [1.82, 2.24) is 14.7 Å². The second-order valence-corrected chi connectivity index (χ2v) is 5.43. The normalized spacial score (nSPS) is 21.9. The molecule has 1 unspecified atom stereocenters. The van der Waals surface area contributed by atoms with E-state index in [-0.39, 0.29) is 0 Å². The second-order valence-electron chi connectivity index (χ2n) is 5.43. The highest BCUT2D eigenvalue weighted by atomic mass is 15.3. The maximum absolute atomic E-state index is 5.62. The molecule has 0 bridgehead atoms. The SMILES string of the molecule is CCCC1CCCN(CCn2ccc(N)n2)CC1. The highest BCUT2D eigenvalue weighted by Crippen LogP contribution is 2.21. The van der Waals surface area contributed by atoms with Crippen LogP contribution in [-0.2, 0) is 6.54 Å². The minimum atomic E-state index is 0.619. The minimum Gasteiger partial charge on any atom is -0.382 e. The van der Waals surface area contributed by atoms with Gasteiger partial charge in [-0.3, -0.25) is 4.68 Å². The van der Waals surface area contributed by atoms with Crippen molar-refractivity contribution in [2.24, 2.45) is 5.92 Å². The molecule has 18 heavy (non-hydrogen) atoms. The van der Waals surface area contributed by atoms with Crippen LogP contribution < -0.4 is 5.73 Å². The third-order valence-corrected chi connectivity index (χ3v) is 3.94. The van der Waals surface area contributed by atoms with Gasteiger partial charge in [0.1, 0.15) is 5.82 Å². The Kier molecular flexibility index (Phi) is 5.05. The Morgan fingerprint density at radius 2 is 2.22 bits per heavy atom. The zero-order chi connectivity index (χ0) is 12.8. The third-order valence-electron chi connectivity index (χ3n) is 3.94. The highest BCUT2D eigenvalue weighted by Gasteiger charge is 2.16. The predicted octanol–water partition coefficient (Wildman–Crippen LogP) is 2.37. The van der Waals surface area contributed by atoms with Gasteiger partial charge < -0.3 is 10.6 Å². The molecule has 1 aliphatic heterocycles. The van der Waals surface area contributed by atoms with Crippen molar-refractivity contribution in [3.63, 3.8) is 0 Å². The Morgan fingerprint density at radius 3 is 2.94 bits per heavy atom. The molecule has 0 saturated carbocycles. The van der Waals surface area contributed by atoms with E-state index in [1.54, 1.807) is 0 Å². The number of rotatable bonds is 5. The third kappa shape index (κ3) is 4.02. The lowest BCUT2D eigenvalue weighted by Gasteiger charge is -2.20. The molecule has 2 rings (SSSR count). The molecule has 1 fully saturated rings. The molecular weight excluding hydrogens is 224 g/mol. The van der Waals surface area contributed by atoms with Gasteiger partial charge in [-0.15, -0.1) is 0 Å². The summed E-state index contributed by atoms with van der Waals surface area (Å²) in [5, 5.41) is 4.23. The van der Waals surface area contributed by atoms with E-state index in [0.717, 1.165) is 19.0 Å². The van der Waals surface area contributed by atoms with Crippen LogP contribution in [0.4, 0.5) is 5.82 Å². The van der Waals surface area contributed by atoms with Gasteiger partial charge in [-0.2, -0.15) is 5.10 Å². The molecule has 0 aromatic carbocycles. The molecule has 2 heterocycles. The Morgan fingerprint density at radius 1 is 1.33 bits per heavy atom. The molecule has 1 atom stereocenters. The lowest BCUT2D eigenvalue weighted by Crippen LogP contribution is -2.28. The lowest BCUT2D eigenvalue weighted by molar-refractivity contribution is 0.264. The molecule has 4 heteroatoms. The van der Waals surface area contributed by atoms with E-state index in [0.29, 0.717) is 5.82 Å². The van der Waals surface area contributed by atoms with Crippen molar-refractivity contribution < 1.29 is 0 Å². The fourth-order valence-corrected chi connectivity index (χ4v) is 2.89. The zero-order valence-corrected chi connectivity index (χ0v) is 11.5. The monoisotopic (exact) mass is 250 g/mol. The van der Waals surface area contributed by atoms with Gasteiger partial charge in [-0.1, -0.05) is 19.8 Å². The van der Waals surface area contributed by atoms with Crippen molar-refractivity contribution in [3.8, 4) is 0 Å². The van der Waals surface area contributed by atoms with Crippen molar-refractivity contribution in [3.05, 3.63) is 12.3 Å².